The van der Waals surface area contributed by atoms with Crippen LogP contribution in [0.15, 0.2) is 51.7 Å². The molecule has 3 aromatic rings. The molecule has 0 aliphatic carbocycles. The summed E-state index contributed by atoms with van der Waals surface area (Å²) in [6, 6.07) is 12.4. The van der Waals surface area contributed by atoms with E-state index in [1.165, 1.54) is 4.57 Å². The third-order valence-corrected chi connectivity index (χ3v) is 3.65. The van der Waals surface area contributed by atoms with Crippen LogP contribution in [0.1, 0.15) is 17.2 Å². The van der Waals surface area contributed by atoms with Gasteiger partial charge in [0.25, 0.3) is 0 Å². The average molecular weight is 290 g/mol. The minimum absolute atomic E-state index is 0.394. The first-order valence-corrected chi connectivity index (χ1v) is 6.47. The molecule has 102 valence electrons. The summed E-state index contributed by atoms with van der Waals surface area (Å²) in [6.45, 7) is 0. The molecule has 1 heterocycles. The first-order chi connectivity index (χ1) is 9.58. The fraction of sp³-hybridized carbons (Fsp3) is 0.133. The molecule has 3 rings (SSSR count). The molecule has 0 radical (unpaired) electrons. The molecular formula is C15H12ClNO3. The first kappa shape index (κ1) is 13.0. The molecule has 1 atom stereocenters. The van der Waals surface area contributed by atoms with Crippen molar-refractivity contribution in [1.29, 1.82) is 0 Å². The SMILES string of the molecule is Cn1c(=O)oc2cc(C(O)c3ccccc3)c(Cl)cc21. The number of aromatic nitrogens is 1. The van der Waals surface area contributed by atoms with Gasteiger partial charge in [0, 0.05) is 17.6 Å². The predicted octanol–water partition coefficient (Wildman–Crippen LogP) is 2.87. The van der Waals surface area contributed by atoms with Gasteiger partial charge in [-0.2, -0.15) is 0 Å². The van der Waals surface area contributed by atoms with Crippen molar-refractivity contribution in [2.75, 3.05) is 0 Å². The Kier molecular flexibility index (Phi) is 3.12. The van der Waals surface area contributed by atoms with E-state index in [4.69, 9.17) is 16.0 Å². The van der Waals surface area contributed by atoms with Gasteiger partial charge in [0.1, 0.15) is 6.10 Å². The smallest absolute Gasteiger partial charge is 0.408 e. The highest BCUT2D eigenvalue weighted by atomic mass is 35.5. The van der Waals surface area contributed by atoms with Crippen molar-refractivity contribution in [1.82, 2.24) is 4.57 Å². The predicted molar refractivity (Wildman–Crippen MR) is 77.0 cm³/mol. The standard InChI is InChI=1S/C15H12ClNO3/c1-17-12-8-11(16)10(7-13(12)20-15(17)19)14(18)9-5-3-2-4-6-9/h2-8,14,18H,1H3. The lowest BCUT2D eigenvalue weighted by atomic mass is 10.0. The van der Waals surface area contributed by atoms with Crippen molar-refractivity contribution in [3.63, 3.8) is 0 Å². The molecular weight excluding hydrogens is 278 g/mol. The second-order valence-corrected chi connectivity index (χ2v) is 4.99. The molecule has 0 fully saturated rings. The largest absolute Gasteiger partial charge is 0.419 e. The molecule has 2 aromatic carbocycles. The lowest BCUT2D eigenvalue weighted by Gasteiger charge is -2.13. The summed E-state index contributed by atoms with van der Waals surface area (Å²) in [5, 5.41) is 10.8. The van der Waals surface area contributed by atoms with Crippen LogP contribution < -0.4 is 5.76 Å². The van der Waals surface area contributed by atoms with Crippen molar-refractivity contribution < 1.29 is 9.52 Å². The molecule has 1 aromatic heterocycles. The van der Waals surface area contributed by atoms with Crippen LogP contribution in [0.3, 0.4) is 0 Å². The Hall–Kier alpha value is -2.04. The topological polar surface area (TPSA) is 55.4 Å². The van der Waals surface area contributed by atoms with E-state index in [0.29, 0.717) is 21.7 Å². The van der Waals surface area contributed by atoms with Crippen LogP contribution in [-0.2, 0) is 7.05 Å². The molecule has 0 aliphatic rings. The summed E-state index contributed by atoms with van der Waals surface area (Å²) in [6.07, 6.45) is -0.862. The monoisotopic (exact) mass is 289 g/mol. The number of halogens is 1. The normalized spacial score (nSPS) is 12.8. The summed E-state index contributed by atoms with van der Waals surface area (Å²) < 4.78 is 6.49. The van der Waals surface area contributed by atoms with E-state index in [0.717, 1.165) is 5.56 Å². The molecule has 0 aliphatic heterocycles. The van der Waals surface area contributed by atoms with E-state index in [9.17, 15) is 9.90 Å². The second kappa shape index (κ2) is 4.81. The summed E-state index contributed by atoms with van der Waals surface area (Å²) in [5.74, 6) is -0.456. The second-order valence-electron chi connectivity index (χ2n) is 4.58. The number of aryl methyl sites for hydroxylation is 1. The van der Waals surface area contributed by atoms with Crippen LogP contribution in [0.2, 0.25) is 5.02 Å². The lowest BCUT2D eigenvalue weighted by Crippen LogP contribution is -2.08. The summed E-state index contributed by atoms with van der Waals surface area (Å²) in [4.78, 5) is 11.5. The van der Waals surface area contributed by atoms with E-state index in [2.05, 4.69) is 0 Å². The number of oxazole rings is 1. The zero-order valence-electron chi connectivity index (χ0n) is 10.7. The van der Waals surface area contributed by atoms with Gasteiger partial charge in [0.05, 0.1) is 5.52 Å². The Labute approximate surface area is 119 Å². The molecule has 20 heavy (non-hydrogen) atoms. The molecule has 0 bridgehead atoms. The quantitative estimate of drug-likeness (QED) is 0.789. The van der Waals surface area contributed by atoms with Crippen LogP contribution in [-0.4, -0.2) is 9.67 Å². The Bertz CT molecular complexity index is 820. The highest BCUT2D eigenvalue weighted by molar-refractivity contribution is 6.32. The fourth-order valence-corrected chi connectivity index (χ4v) is 2.45. The number of aliphatic hydroxyl groups is 1. The molecule has 1 N–H and O–H groups in total. The number of aliphatic hydroxyl groups excluding tert-OH is 1. The summed E-state index contributed by atoms with van der Waals surface area (Å²) in [5.41, 5.74) is 2.25. The van der Waals surface area contributed by atoms with Gasteiger partial charge in [-0.05, 0) is 17.7 Å². The van der Waals surface area contributed by atoms with Gasteiger partial charge in [-0.1, -0.05) is 41.9 Å². The van der Waals surface area contributed by atoms with Gasteiger partial charge in [0.15, 0.2) is 5.58 Å². The number of nitrogens with zero attached hydrogens (tertiary/aromatic N) is 1. The first-order valence-electron chi connectivity index (χ1n) is 6.10. The maximum atomic E-state index is 11.5. The summed E-state index contributed by atoms with van der Waals surface area (Å²) >= 11 is 6.21. The van der Waals surface area contributed by atoms with Crippen molar-refractivity contribution in [2.45, 2.75) is 6.10 Å². The minimum atomic E-state index is -0.862. The number of hydrogen-bond acceptors (Lipinski definition) is 3. The van der Waals surface area contributed by atoms with Gasteiger partial charge in [0.2, 0.25) is 0 Å². The van der Waals surface area contributed by atoms with Crippen molar-refractivity contribution >= 4 is 22.7 Å². The maximum absolute atomic E-state index is 11.5. The van der Waals surface area contributed by atoms with Crippen LogP contribution >= 0.6 is 11.6 Å². The fourth-order valence-electron chi connectivity index (χ4n) is 2.19. The number of benzene rings is 2. The van der Waals surface area contributed by atoms with E-state index >= 15 is 0 Å². The van der Waals surface area contributed by atoms with E-state index < -0.39 is 11.9 Å². The van der Waals surface area contributed by atoms with Crippen molar-refractivity contribution in [3.8, 4) is 0 Å². The average Bonchev–Trinajstić information content (AvgIpc) is 2.74. The zero-order chi connectivity index (χ0) is 14.3. The number of hydrogen-bond donors (Lipinski definition) is 1. The van der Waals surface area contributed by atoms with E-state index in [1.807, 2.05) is 30.3 Å². The minimum Gasteiger partial charge on any atom is -0.408 e. The van der Waals surface area contributed by atoms with Crippen molar-refractivity contribution in [2.24, 2.45) is 7.05 Å². The Morgan fingerprint density at radius 1 is 1.25 bits per heavy atom. The highest BCUT2D eigenvalue weighted by Crippen LogP contribution is 2.31. The van der Waals surface area contributed by atoms with Gasteiger partial charge in [-0.25, -0.2) is 4.79 Å². The Balaban J connectivity index is 2.17. The maximum Gasteiger partial charge on any atom is 0.419 e. The van der Waals surface area contributed by atoms with E-state index in [-0.39, 0.29) is 0 Å². The molecule has 0 amide bonds. The Morgan fingerprint density at radius 3 is 2.65 bits per heavy atom. The third kappa shape index (κ3) is 2.03. The van der Waals surface area contributed by atoms with Gasteiger partial charge in [-0.15, -0.1) is 0 Å². The van der Waals surface area contributed by atoms with E-state index in [1.54, 1.807) is 19.2 Å². The highest BCUT2D eigenvalue weighted by Gasteiger charge is 2.17. The molecule has 0 spiro atoms. The number of rotatable bonds is 2. The number of fused-ring (bicyclic) bond motifs is 1. The summed E-state index contributed by atoms with van der Waals surface area (Å²) in [7, 11) is 1.61. The molecule has 1 unspecified atom stereocenters. The zero-order valence-corrected chi connectivity index (χ0v) is 11.5. The third-order valence-electron chi connectivity index (χ3n) is 3.32. The van der Waals surface area contributed by atoms with Crippen molar-refractivity contribution in [3.05, 3.63) is 69.2 Å². The molecule has 0 saturated carbocycles. The van der Waals surface area contributed by atoms with Gasteiger partial charge >= 0.3 is 5.76 Å². The van der Waals surface area contributed by atoms with Gasteiger partial charge in [-0.3, -0.25) is 4.57 Å². The van der Waals surface area contributed by atoms with Crippen LogP contribution in [0.5, 0.6) is 0 Å². The molecule has 5 heteroatoms. The van der Waals surface area contributed by atoms with Crippen LogP contribution in [0.4, 0.5) is 0 Å². The molecule has 0 saturated heterocycles. The van der Waals surface area contributed by atoms with Crippen LogP contribution in [0, 0.1) is 0 Å². The van der Waals surface area contributed by atoms with Gasteiger partial charge < -0.3 is 9.52 Å². The lowest BCUT2D eigenvalue weighted by molar-refractivity contribution is 0.220. The Morgan fingerprint density at radius 2 is 1.95 bits per heavy atom. The molecule has 4 nitrogen and oxygen atoms in total. The van der Waals surface area contributed by atoms with Crippen LogP contribution in [0.25, 0.3) is 11.1 Å².